The van der Waals surface area contributed by atoms with Gasteiger partial charge in [-0.2, -0.15) is 0 Å². The van der Waals surface area contributed by atoms with E-state index in [0.29, 0.717) is 6.54 Å². The lowest BCUT2D eigenvalue weighted by Gasteiger charge is -2.16. The minimum atomic E-state index is -0.701. The summed E-state index contributed by atoms with van der Waals surface area (Å²) in [5.41, 5.74) is 1.81. The summed E-state index contributed by atoms with van der Waals surface area (Å²) in [6.07, 6.45) is 12.3. The van der Waals surface area contributed by atoms with Crippen LogP contribution in [0.5, 0.6) is 0 Å². The van der Waals surface area contributed by atoms with Crippen molar-refractivity contribution in [2.24, 2.45) is 0 Å². The number of thioether (sulfide) groups is 1. The molecule has 1 unspecified atom stereocenters. The van der Waals surface area contributed by atoms with Gasteiger partial charge in [0, 0.05) is 11.4 Å². The van der Waals surface area contributed by atoms with Gasteiger partial charge < -0.3 is 9.67 Å². The second kappa shape index (κ2) is 9.21. The maximum Gasteiger partial charge on any atom is 0.126 e. The molecule has 1 rings (SSSR count). The first-order chi connectivity index (χ1) is 10.2. The summed E-state index contributed by atoms with van der Waals surface area (Å²) in [6, 6.07) is 0. The molecule has 0 aliphatic heterocycles. The van der Waals surface area contributed by atoms with Gasteiger partial charge in [0.15, 0.2) is 0 Å². The molecule has 0 spiro atoms. The van der Waals surface area contributed by atoms with Crippen LogP contribution >= 0.6 is 11.8 Å². The van der Waals surface area contributed by atoms with E-state index in [-0.39, 0.29) is 0 Å². The van der Waals surface area contributed by atoms with Crippen LogP contribution in [0.1, 0.15) is 25.6 Å². The largest absolute Gasteiger partial charge is 0.382 e. The fourth-order valence-electron chi connectivity index (χ4n) is 1.82. The lowest BCUT2D eigenvalue weighted by Crippen LogP contribution is -2.09. The quantitative estimate of drug-likeness (QED) is 0.724. The third-order valence-electron chi connectivity index (χ3n) is 2.92. The molecule has 0 aliphatic carbocycles. The number of allylic oxidation sites excluding steroid dienone is 6. The van der Waals surface area contributed by atoms with E-state index in [2.05, 4.69) is 18.1 Å². The van der Waals surface area contributed by atoms with Gasteiger partial charge in [0.2, 0.25) is 0 Å². The zero-order valence-electron chi connectivity index (χ0n) is 12.6. The molecule has 1 aromatic heterocycles. The molecule has 4 heteroatoms. The Kier molecular flexibility index (Phi) is 7.58. The number of aromatic nitrogens is 2. The number of hydrogen-bond acceptors (Lipinski definition) is 3. The van der Waals surface area contributed by atoms with Gasteiger partial charge in [0.1, 0.15) is 6.10 Å². The highest BCUT2D eigenvalue weighted by Crippen LogP contribution is 2.31. The van der Waals surface area contributed by atoms with Gasteiger partial charge in [-0.1, -0.05) is 43.5 Å². The number of nitrogens with zero attached hydrogens (tertiary/aromatic N) is 2. The van der Waals surface area contributed by atoms with Crippen LogP contribution in [0, 0.1) is 0 Å². The molecule has 0 amide bonds. The summed E-state index contributed by atoms with van der Waals surface area (Å²) < 4.78 is 1.93. The normalized spacial score (nSPS) is 14.4. The van der Waals surface area contributed by atoms with Crippen LogP contribution in [-0.4, -0.2) is 14.7 Å². The average molecular weight is 302 g/mol. The molecule has 0 saturated carbocycles. The zero-order valence-corrected chi connectivity index (χ0v) is 13.4. The molecule has 1 heterocycles. The van der Waals surface area contributed by atoms with Crippen molar-refractivity contribution in [2.75, 3.05) is 0 Å². The molecule has 112 valence electrons. The van der Waals surface area contributed by atoms with Gasteiger partial charge in [-0.05, 0) is 24.8 Å². The number of rotatable bonds is 8. The van der Waals surface area contributed by atoms with E-state index in [1.54, 1.807) is 17.9 Å². The smallest absolute Gasteiger partial charge is 0.126 e. The van der Waals surface area contributed by atoms with Crippen molar-refractivity contribution in [3.05, 3.63) is 77.6 Å². The molecule has 0 fully saturated rings. The predicted octanol–water partition coefficient (Wildman–Crippen LogP) is 4.39. The van der Waals surface area contributed by atoms with Gasteiger partial charge in [0.25, 0.3) is 0 Å². The Balaban J connectivity index is 3.00. The first kappa shape index (κ1) is 17.3. The Morgan fingerprint density at radius 1 is 1.48 bits per heavy atom. The molecular formula is C17H22N2OS. The third kappa shape index (κ3) is 4.92. The Morgan fingerprint density at radius 3 is 2.81 bits per heavy atom. The Bertz CT molecular complexity index is 567. The van der Waals surface area contributed by atoms with Crippen LogP contribution < -0.4 is 0 Å². The van der Waals surface area contributed by atoms with E-state index in [1.807, 2.05) is 48.8 Å². The topological polar surface area (TPSA) is 38.1 Å². The van der Waals surface area contributed by atoms with Crippen LogP contribution in [0.4, 0.5) is 0 Å². The molecule has 0 bridgehead atoms. The number of aliphatic hydroxyl groups excluding tert-OH is 1. The maximum atomic E-state index is 10.5. The van der Waals surface area contributed by atoms with Gasteiger partial charge >= 0.3 is 0 Å². The summed E-state index contributed by atoms with van der Waals surface area (Å²) in [4.78, 5) is 4.99. The molecule has 3 nitrogen and oxygen atoms in total. The highest BCUT2D eigenvalue weighted by Gasteiger charge is 2.17. The van der Waals surface area contributed by atoms with E-state index >= 15 is 0 Å². The molecule has 0 aliphatic rings. The van der Waals surface area contributed by atoms with Crippen LogP contribution in [-0.2, 0) is 6.54 Å². The summed E-state index contributed by atoms with van der Waals surface area (Å²) in [6.45, 7) is 12.0. The minimum absolute atomic E-state index is 0.621. The van der Waals surface area contributed by atoms with Crippen LogP contribution in [0.15, 0.2) is 71.9 Å². The first-order valence-corrected chi connectivity index (χ1v) is 7.62. The molecule has 0 radical (unpaired) electrons. The molecule has 0 aromatic carbocycles. The minimum Gasteiger partial charge on any atom is -0.382 e. The molecule has 0 saturated heterocycles. The lowest BCUT2D eigenvalue weighted by molar-refractivity contribution is 0.215. The second-order valence-electron chi connectivity index (χ2n) is 4.30. The lowest BCUT2D eigenvalue weighted by atomic mass is 10.2. The van der Waals surface area contributed by atoms with E-state index in [9.17, 15) is 5.11 Å². The predicted molar refractivity (Wildman–Crippen MR) is 91.8 cm³/mol. The Morgan fingerprint density at radius 2 is 2.24 bits per heavy atom. The zero-order chi connectivity index (χ0) is 15.7. The van der Waals surface area contributed by atoms with E-state index in [0.717, 1.165) is 16.2 Å². The summed E-state index contributed by atoms with van der Waals surface area (Å²) >= 11 is 1.42. The standard InChI is InChI=1S/C17H22N2OS/c1-5-9-10-14(6-2)12-19-13-18-11-15(19)17(20)16(7-3)21-8-4/h5-11,13,17,20H,2,4,12H2,1,3H3/b9-5-,14-10+,16-7-. The summed E-state index contributed by atoms with van der Waals surface area (Å²) in [7, 11) is 0. The molecule has 1 aromatic rings. The average Bonchev–Trinajstić information content (AvgIpc) is 2.96. The highest BCUT2D eigenvalue weighted by molar-refractivity contribution is 8.05. The van der Waals surface area contributed by atoms with E-state index in [4.69, 9.17) is 0 Å². The van der Waals surface area contributed by atoms with Gasteiger partial charge in [-0.3, -0.25) is 0 Å². The van der Waals surface area contributed by atoms with Gasteiger partial charge in [-0.15, -0.1) is 11.8 Å². The van der Waals surface area contributed by atoms with Gasteiger partial charge in [0.05, 0.1) is 18.2 Å². The van der Waals surface area contributed by atoms with Crippen LogP contribution in [0.25, 0.3) is 0 Å². The molecule has 1 atom stereocenters. The fourth-order valence-corrected chi connectivity index (χ4v) is 2.40. The van der Waals surface area contributed by atoms with E-state index < -0.39 is 6.10 Å². The summed E-state index contributed by atoms with van der Waals surface area (Å²) in [5.74, 6) is 0. The number of aliphatic hydroxyl groups is 1. The third-order valence-corrected chi connectivity index (χ3v) is 3.81. The van der Waals surface area contributed by atoms with Crippen molar-refractivity contribution >= 4 is 11.8 Å². The van der Waals surface area contributed by atoms with Crippen LogP contribution in [0.3, 0.4) is 0 Å². The SMILES string of the molecule is C=CS/C(=C\C)C(O)c1cncn1C/C(C=C)=C/C=C\C. The van der Waals surface area contributed by atoms with Crippen molar-refractivity contribution in [3.63, 3.8) is 0 Å². The van der Waals surface area contributed by atoms with Crippen molar-refractivity contribution in [1.82, 2.24) is 9.55 Å². The molecule has 21 heavy (non-hydrogen) atoms. The van der Waals surface area contributed by atoms with Crippen molar-refractivity contribution in [2.45, 2.75) is 26.5 Å². The van der Waals surface area contributed by atoms with Crippen molar-refractivity contribution in [1.29, 1.82) is 0 Å². The number of hydrogen-bond donors (Lipinski definition) is 1. The van der Waals surface area contributed by atoms with Crippen molar-refractivity contribution < 1.29 is 5.11 Å². The monoisotopic (exact) mass is 302 g/mol. The number of imidazole rings is 1. The molecule has 1 N–H and O–H groups in total. The fraction of sp³-hybridized carbons (Fsp3) is 0.235. The summed E-state index contributed by atoms with van der Waals surface area (Å²) in [5, 5.41) is 12.2. The second-order valence-corrected chi connectivity index (χ2v) is 5.34. The van der Waals surface area contributed by atoms with Gasteiger partial charge in [-0.25, -0.2) is 4.98 Å². The van der Waals surface area contributed by atoms with Crippen LogP contribution in [0.2, 0.25) is 0 Å². The Hall–Kier alpha value is -1.78. The maximum absolute atomic E-state index is 10.5. The highest BCUT2D eigenvalue weighted by atomic mass is 32.2. The van der Waals surface area contributed by atoms with Crippen molar-refractivity contribution in [3.8, 4) is 0 Å². The Labute approximate surface area is 131 Å². The first-order valence-electron chi connectivity index (χ1n) is 6.74. The van der Waals surface area contributed by atoms with E-state index in [1.165, 1.54) is 11.8 Å². The molecular weight excluding hydrogens is 280 g/mol.